The normalized spacial score (nSPS) is 20.4. The Morgan fingerprint density at radius 2 is 1.73 bits per heavy atom. The van der Waals surface area contributed by atoms with Gasteiger partial charge in [0.2, 0.25) is 5.91 Å². The fourth-order valence-electron chi connectivity index (χ4n) is 4.63. The molecule has 2 aliphatic rings. The number of benzene rings is 2. The lowest BCUT2D eigenvalue weighted by Crippen LogP contribution is -2.59. The van der Waals surface area contributed by atoms with Gasteiger partial charge in [-0.25, -0.2) is 0 Å². The van der Waals surface area contributed by atoms with Crippen molar-refractivity contribution in [2.75, 3.05) is 73.7 Å². The van der Waals surface area contributed by atoms with Crippen molar-refractivity contribution in [3.63, 3.8) is 0 Å². The van der Waals surface area contributed by atoms with Crippen LogP contribution in [0.2, 0.25) is 5.02 Å². The minimum absolute atomic E-state index is 0.0109. The van der Waals surface area contributed by atoms with E-state index in [1.807, 2.05) is 11.9 Å². The highest BCUT2D eigenvalue weighted by Crippen LogP contribution is 2.30. The Balaban J connectivity index is 1.54. The minimum Gasteiger partial charge on any atom is -0.493 e. The first-order valence-electron chi connectivity index (χ1n) is 12.3. The smallest absolute Gasteiger partial charge is 0.254 e. The van der Waals surface area contributed by atoms with E-state index >= 15 is 0 Å². The number of nitrogens with zero attached hydrogens (tertiary/aromatic N) is 3. The van der Waals surface area contributed by atoms with Crippen LogP contribution in [0.3, 0.4) is 0 Å². The molecule has 0 radical (unpaired) electrons. The molecule has 0 N–H and O–H groups in total. The van der Waals surface area contributed by atoms with Crippen molar-refractivity contribution in [1.29, 1.82) is 0 Å². The maximum Gasteiger partial charge on any atom is 0.254 e. The number of piperazine rings is 1. The molecule has 0 aliphatic carbocycles. The SMILES string of the molecule is COc1ccc(C(=O)N2CCOC(COc3cccc(Cl)c3)(CC(=O)N3CCN(C)CC3)C2)cc1OC. The van der Waals surface area contributed by atoms with Crippen LogP contribution >= 0.6 is 11.6 Å². The van der Waals surface area contributed by atoms with E-state index < -0.39 is 5.60 Å². The van der Waals surface area contributed by atoms with Crippen molar-refractivity contribution < 1.29 is 28.5 Å². The number of rotatable bonds is 8. The molecule has 10 heteroatoms. The summed E-state index contributed by atoms with van der Waals surface area (Å²) in [6, 6.07) is 12.2. The average molecular weight is 532 g/mol. The average Bonchev–Trinajstić information content (AvgIpc) is 2.91. The van der Waals surface area contributed by atoms with Crippen LogP contribution in [0.5, 0.6) is 17.2 Å². The third-order valence-electron chi connectivity index (χ3n) is 6.79. The van der Waals surface area contributed by atoms with Crippen molar-refractivity contribution in [3.05, 3.63) is 53.1 Å². The van der Waals surface area contributed by atoms with E-state index in [-0.39, 0.29) is 38.0 Å². The number of hydrogen-bond acceptors (Lipinski definition) is 7. The number of carbonyl (C=O) groups is 2. The number of hydrogen-bond donors (Lipinski definition) is 0. The molecule has 9 nitrogen and oxygen atoms in total. The summed E-state index contributed by atoms with van der Waals surface area (Å²) in [7, 11) is 5.13. The first kappa shape index (κ1) is 27.0. The third-order valence-corrected chi connectivity index (χ3v) is 7.03. The number of likely N-dealkylation sites (N-methyl/N-ethyl adjacent to an activating group) is 1. The number of ether oxygens (including phenoxy) is 4. The van der Waals surface area contributed by atoms with Crippen LogP contribution in [-0.2, 0) is 9.53 Å². The molecular weight excluding hydrogens is 498 g/mol. The van der Waals surface area contributed by atoms with E-state index in [0.717, 1.165) is 13.1 Å². The van der Waals surface area contributed by atoms with Crippen molar-refractivity contribution in [1.82, 2.24) is 14.7 Å². The second kappa shape index (κ2) is 12.0. The molecule has 2 heterocycles. The summed E-state index contributed by atoms with van der Waals surface area (Å²) in [6.45, 7) is 3.96. The Labute approximate surface area is 222 Å². The maximum absolute atomic E-state index is 13.5. The van der Waals surface area contributed by atoms with E-state index in [1.165, 1.54) is 7.11 Å². The molecule has 200 valence electrons. The minimum atomic E-state index is -1.01. The molecule has 1 unspecified atom stereocenters. The van der Waals surface area contributed by atoms with Gasteiger partial charge in [0, 0.05) is 43.3 Å². The Kier molecular flexibility index (Phi) is 8.79. The van der Waals surface area contributed by atoms with E-state index in [4.69, 9.17) is 30.5 Å². The fourth-order valence-corrected chi connectivity index (χ4v) is 4.81. The summed E-state index contributed by atoms with van der Waals surface area (Å²) in [6.07, 6.45) is 0.104. The summed E-state index contributed by atoms with van der Waals surface area (Å²) >= 11 is 6.13. The summed E-state index contributed by atoms with van der Waals surface area (Å²) in [5.74, 6) is 1.41. The maximum atomic E-state index is 13.5. The van der Waals surface area contributed by atoms with Crippen LogP contribution in [0.15, 0.2) is 42.5 Å². The number of amides is 2. The quantitative estimate of drug-likeness (QED) is 0.518. The topological polar surface area (TPSA) is 80.8 Å². The zero-order chi connectivity index (χ0) is 26.4. The van der Waals surface area contributed by atoms with Gasteiger partial charge in [-0.2, -0.15) is 0 Å². The molecule has 2 saturated heterocycles. The monoisotopic (exact) mass is 531 g/mol. The second-order valence-corrected chi connectivity index (χ2v) is 9.87. The number of methoxy groups -OCH3 is 2. The Morgan fingerprint density at radius 1 is 0.973 bits per heavy atom. The highest BCUT2D eigenvalue weighted by Gasteiger charge is 2.42. The van der Waals surface area contributed by atoms with Crippen molar-refractivity contribution in [3.8, 4) is 17.2 Å². The van der Waals surface area contributed by atoms with Crippen molar-refractivity contribution in [2.24, 2.45) is 0 Å². The molecule has 0 aromatic heterocycles. The predicted octanol–water partition coefficient (Wildman–Crippen LogP) is 2.81. The van der Waals surface area contributed by atoms with Gasteiger partial charge in [0.25, 0.3) is 5.91 Å². The first-order chi connectivity index (χ1) is 17.8. The molecular formula is C27H34ClN3O6. The van der Waals surface area contributed by atoms with Crippen LogP contribution in [0.25, 0.3) is 0 Å². The van der Waals surface area contributed by atoms with Gasteiger partial charge in [0.1, 0.15) is 18.0 Å². The van der Waals surface area contributed by atoms with Gasteiger partial charge in [0.15, 0.2) is 11.5 Å². The highest BCUT2D eigenvalue weighted by molar-refractivity contribution is 6.30. The van der Waals surface area contributed by atoms with Crippen LogP contribution in [0, 0.1) is 0 Å². The van der Waals surface area contributed by atoms with Gasteiger partial charge in [-0.1, -0.05) is 17.7 Å². The zero-order valence-electron chi connectivity index (χ0n) is 21.6. The van der Waals surface area contributed by atoms with Crippen molar-refractivity contribution in [2.45, 2.75) is 12.0 Å². The molecule has 2 fully saturated rings. The summed E-state index contributed by atoms with van der Waals surface area (Å²) in [5, 5.41) is 0.551. The molecule has 0 saturated carbocycles. The summed E-state index contributed by atoms with van der Waals surface area (Å²) < 4.78 is 23.0. The number of morpholine rings is 1. The van der Waals surface area contributed by atoms with Gasteiger partial charge in [0.05, 0.1) is 33.8 Å². The van der Waals surface area contributed by atoms with Crippen molar-refractivity contribution >= 4 is 23.4 Å². The van der Waals surface area contributed by atoms with E-state index in [1.54, 1.807) is 54.5 Å². The summed E-state index contributed by atoms with van der Waals surface area (Å²) in [4.78, 5) is 32.6. The Hall–Kier alpha value is -3.01. The Bertz CT molecular complexity index is 1110. The van der Waals surface area contributed by atoms with Gasteiger partial charge in [-0.15, -0.1) is 0 Å². The highest BCUT2D eigenvalue weighted by atomic mass is 35.5. The number of halogens is 1. The third kappa shape index (κ3) is 6.66. The van der Waals surface area contributed by atoms with E-state index in [2.05, 4.69) is 4.90 Å². The van der Waals surface area contributed by atoms with Gasteiger partial charge < -0.3 is 33.6 Å². The largest absolute Gasteiger partial charge is 0.493 e. The lowest BCUT2D eigenvalue weighted by molar-refractivity contribution is -0.154. The molecule has 0 spiro atoms. The molecule has 0 bridgehead atoms. The number of carbonyl (C=O) groups excluding carboxylic acids is 2. The van der Waals surface area contributed by atoms with Crippen LogP contribution in [0.1, 0.15) is 16.8 Å². The molecule has 37 heavy (non-hydrogen) atoms. The Morgan fingerprint density at radius 3 is 2.43 bits per heavy atom. The molecule has 2 amide bonds. The van der Waals surface area contributed by atoms with E-state index in [0.29, 0.717) is 47.5 Å². The predicted molar refractivity (Wildman–Crippen MR) is 140 cm³/mol. The van der Waals surface area contributed by atoms with Gasteiger partial charge in [-0.05, 0) is 43.4 Å². The summed E-state index contributed by atoms with van der Waals surface area (Å²) in [5.41, 5.74) is -0.540. The lowest BCUT2D eigenvalue weighted by atomic mass is 9.96. The molecule has 4 rings (SSSR count). The van der Waals surface area contributed by atoms with Gasteiger partial charge in [-0.3, -0.25) is 9.59 Å². The molecule has 2 aromatic rings. The lowest BCUT2D eigenvalue weighted by Gasteiger charge is -2.43. The van der Waals surface area contributed by atoms with Gasteiger partial charge >= 0.3 is 0 Å². The molecule has 2 aliphatic heterocycles. The standard InChI is InChI=1S/C27H34ClN3O6/c1-29-9-11-30(12-10-29)25(32)17-27(19-36-22-6-4-5-21(28)16-22)18-31(13-14-37-27)26(33)20-7-8-23(34-2)24(15-20)35-3/h4-8,15-16H,9-14,17-19H2,1-3H3. The van der Waals surface area contributed by atoms with E-state index in [9.17, 15) is 9.59 Å². The van der Waals surface area contributed by atoms with Crippen LogP contribution in [-0.4, -0.2) is 106 Å². The second-order valence-electron chi connectivity index (χ2n) is 9.43. The fraction of sp³-hybridized carbons (Fsp3) is 0.481. The molecule has 2 aromatic carbocycles. The molecule has 1 atom stereocenters. The van der Waals surface area contributed by atoms with Crippen LogP contribution in [0.4, 0.5) is 0 Å². The van der Waals surface area contributed by atoms with Crippen LogP contribution < -0.4 is 14.2 Å². The first-order valence-corrected chi connectivity index (χ1v) is 12.7. The zero-order valence-corrected chi connectivity index (χ0v) is 22.3.